The third kappa shape index (κ3) is 5.04. The van der Waals surface area contributed by atoms with Crippen LogP contribution in [0.4, 0.5) is 4.79 Å². The molecule has 2 atom stereocenters. The van der Waals surface area contributed by atoms with Crippen molar-refractivity contribution in [2.75, 3.05) is 19.6 Å². The topological polar surface area (TPSA) is 80.5 Å². The van der Waals surface area contributed by atoms with Crippen molar-refractivity contribution < 1.29 is 14.1 Å². The van der Waals surface area contributed by atoms with Gasteiger partial charge >= 0.3 is 6.09 Å². The Morgan fingerprint density at radius 2 is 1.93 bits per heavy atom. The van der Waals surface area contributed by atoms with E-state index >= 15 is 0 Å². The summed E-state index contributed by atoms with van der Waals surface area (Å²) >= 11 is 0. The van der Waals surface area contributed by atoms with Gasteiger partial charge in [0.05, 0.1) is 0 Å². The van der Waals surface area contributed by atoms with Gasteiger partial charge in [-0.3, -0.25) is 0 Å². The molecular formula is C21H34N4O3. The van der Waals surface area contributed by atoms with Gasteiger partial charge in [-0.2, -0.15) is 4.98 Å². The Labute approximate surface area is 167 Å². The largest absolute Gasteiger partial charge is 0.444 e. The van der Waals surface area contributed by atoms with E-state index in [1.165, 1.54) is 19.3 Å². The lowest BCUT2D eigenvalue weighted by molar-refractivity contribution is 0.0203. The zero-order chi connectivity index (χ0) is 19.7. The van der Waals surface area contributed by atoms with E-state index in [4.69, 9.17) is 14.2 Å². The summed E-state index contributed by atoms with van der Waals surface area (Å²) in [6, 6.07) is 0.596. The van der Waals surface area contributed by atoms with Crippen molar-refractivity contribution in [3.05, 3.63) is 11.7 Å². The molecule has 3 aliphatic rings. The monoisotopic (exact) mass is 390 g/mol. The summed E-state index contributed by atoms with van der Waals surface area (Å²) in [6.45, 7) is 8.09. The highest BCUT2D eigenvalue weighted by molar-refractivity contribution is 5.68. The van der Waals surface area contributed by atoms with Crippen molar-refractivity contribution in [2.24, 2.45) is 5.92 Å². The van der Waals surface area contributed by atoms with Crippen LogP contribution in [0.15, 0.2) is 4.52 Å². The van der Waals surface area contributed by atoms with E-state index in [1.54, 1.807) is 4.90 Å². The Kier molecular flexibility index (Phi) is 5.63. The second kappa shape index (κ2) is 8.01. The highest BCUT2D eigenvalue weighted by Crippen LogP contribution is 2.37. The van der Waals surface area contributed by atoms with Gasteiger partial charge in [0.25, 0.3) is 0 Å². The number of hydrogen-bond acceptors (Lipinski definition) is 6. The molecule has 156 valence electrons. The van der Waals surface area contributed by atoms with Gasteiger partial charge in [0, 0.05) is 31.0 Å². The number of rotatable bonds is 4. The van der Waals surface area contributed by atoms with E-state index in [0.717, 1.165) is 49.9 Å². The van der Waals surface area contributed by atoms with Crippen LogP contribution in [0, 0.1) is 5.92 Å². The van der Waals surface area contributed by atoms with Crippen LogP contribution in [0.25, 0.3) is 0 Å². The number of aromatic nitrogens is 2. The van der Waals surface area contributed by atoms with Gasteiger partial charge in [-0.05, 0) is 65.3 Å². The lowest BCUT2D eigenvalue weighted by Gasteiger charge is -2.32. The molecule has 3 fully saturated rings. The summed E-state index contributed by atoms with van der Waals surface area (Å²) in [6.07, 6.45) is 7.75. The second-order valence-corrected chi connectivity index (χ2v) is 9.78. The van der Waals surface area contributed by atoms with E-state index in [1.807, 2.05) is 20.8 Å². The average Bonchev–Trinajstić information content (AvgIpc) is 3.32. The molecule has 4 rings (SSSR count). The second-order valence-electron chi connectivity index (χ2n) is 9.78. The molecule has 0 bridgehead atoms. The van der Waals surface area contributed by atoms with Gasteiger partial charge in [-0.25, -0.2) is 4.79 Å². The first kappa shape index (κ1) is 19.7. The van der Waals surface area contributed by atoms with Crippen LogP contribution >= 0.6 is 0 Å². The fourth-order valence-corrected chi connectivity index (χ4v) is 4.39. The molecule has 1 saturated carbocycles. The number of ether oxygens (including phenoxy) is 1. The van der Waals surface area contributed by atoms with Crippen molar-refractivity contribution >= 4 is 6.09 Å². The summed E-state index contributed by atoms with van der Waals surface area (Å²) in [7, 11) is 0. The Hall–Kier alpha value is -1.63. The predicted octanol–water partition coefficient (Wildman–Crippen LogP) is 3.82. The molecule has 2 saturated heterocycles. The maximum Gasteiger partial charge on any atom is 0.410 e. The minimum atomic E-state index is -0.456. The van der Waals surface area contributed by atoms with Gasteiger partial charge in [0.1, 0.15) is 5.60 Å². The third-order valence-corrected chi connectivity index (χ3v) is 6.13. The molecule has 0 radical (unpaired) electrons. The fourth-order valence-electron chi connectivity index (χ4n) is 4.39. The van der Waals surface area contributed by atoms with E-state index < -0.39 is 5.60 Å². The number of piperidine rings is 2. The molecule has 0 aromatic carbocycles. The van der Waals surface area contributed by atoms with E-state index in [9.17, 15) is 4.79 Å². The van der Waals surface area contributed by atoms with Gasteiger partial charge in [-0.15, -0.1) is 0 Å². The molecule has 1 N–H and O–H groups in total. The van der Waals surface area contributed by atoms with Crippen LogP contribution in [0.5, 0.6) is 0 Å². The predicted molar refractivity (Wildman–Crippen MR) is 105 cm³/mol. The molecular weight excluding hydrogens is 356 g/mol. The molecule has 0 spiro atoms. The quantitative estimate of drug-likeness (QED) is 0.842. The number of nitrogens with zero attached hydrogens (tertiary/aromatic N) is 3. The summed E-state index contributed by atoms with van der Waals surface area (Å²) in [5.74, 6) is 3.21. The van der Waals surface area contributed by atoms with Crippen LogP contribution in [-0.4, -0.2) is 52.4 Å². The summed E-state index contributed by atoms with van der Waals surface area (Å²) < 4.78 is 11.1. The van der Waals surface area contributed by atoms with Crippen LogP contribution in [0.2, 0.25) is 0 Å². The van der Waals surface area contributed by atoms with E-state index in [-0.39, 0.29) is 12.0 Å². The van der Waals surface area contributed by atoms with Crippen LogP contribution < -0.4 is 5.32 Å². The zero-order valence-corrected chi connectivity index (χ0v) is 17.4. The Balaban J connectivity index is 1.29. The smallest absolute Gasteiger partial charge is 0.410 e. The highest BCUT2D eigenvalue weighted by atomic mass is 16.6. The highest BCUT2D eigenvalue weighted by Gasteiger charge is 2.33. The van der Waals surface area contributed by atoms with Crippen molar-refractivity contribution in [3.63, 3.8) is 0 Å². The van der Waals surface area contributed by atoms with Crippen molar-refractivity contribution in [1.29, 1.82) is 0 Å². The molecule has 1 aromatic rings. The molecule has 7 nitrogen and oxygen atoms in total. The minimum absolute atomic E-state index is 0.226. The number of likely N-dealkylation sites (tertiary alicyclic amines) is 1. The molecule has 2 unspecified atom stereocenters. The van der Waals surface area contributed by atoms with Crippen molar-refractivity contribution in [2.45, 2.75) is 89.2 Å². The fraction of sp³-hybridized carbons (Fsp3) is 0.857. The van der Waals surface area contributed by atoms with E-state index in [2.05, 4.69) is 10.5 Å². The van der Waals surface area contributed by atoms with Crippen molar-refractivity contribution in [1.82, 2.24) is 20.4 Å². The Bertz CT molecular complexity index is 671. The van der Waals surface area contributed by atoms with Crippen LogP contribution in [0.1, 0.15) is 89.3 Å². The summed E-state index contributed by atoms with van der Waals surface area (Å²) in [5, 5.41) is 7.95. The van der Waals surface area contributed by atoms with Gasteiger partial charge < -0.3 is 19.5 Å². The first-order valence-corrected chi connectivity index (χ1v) is 10.9. The first-order chi connectivity index (χ1) is 13.4. The number of amides is 1. The van der Waals surface area contributed by atoms with Gasteiger partial charge in [0.15, 0.2) is 5.82 Å². The molecule has 3 heterocycles. The number of nitrogens with one attached hydrogen (secondary N) is 1. The maximum atomic E-state index is 12.2. The number of carbonyl (C=O) groups excluding carboxylic acids is 1. The normalized spacial score (nSPS) is 27.0. The van der Waals surface area contributed by atoms with Crippen LogP contribution in [0.3, 0.4) is 0 Å². The first-order valence-electron chi connectivity index (χ1n) is 10.9. The number of carbonyl (C=O) groups is 1. The Morgan fingerprint density at radius 1 is 1.18 bits per heavy atom. The SMILES string of the molecule is CC(C)(C)OC(=O)N1CCC(c2noc(C3CCNC(CC4CC4)C3)n2)CC1. The molecule has 28 heavy (non-hydrogen) atoms. The third-order valence-electron chi connectivity index (χ3n) is 6.13. The maximum absolute atomic E-state index is 12.2. The summed E-state index contributed by atoms with van der Waals surface area (Å²) in [4.78, 5) is 18.8. The number of hydrogen-bond donors (Lipinski definition) is 1. The average molecular weight is 391 g/mol. The summed E-state index contributed by atoms with van der Waals surface area (Å²) in [5.41, 5.74) is -0.456. The molecule has 1 amide bonds. The lowest BCUT2D eigenvalue weighted by Crippen LogP contribution is -2.41. The van der Waals surface area contributed by atoms with Gasteiger partial charge in [-0.1, -0.05) is 18.0 Å². The lowest BCUT2D eigenvalue weighted by atomic mass is 9.89. The minimum Gasteiger partial charge on any atom is -0.444 e. The zero-order valence-electron chi connectivity index (χ0n) is 17.4. The van der Waals surface area contributed by atoms with Crippen LogP contribution in [-0.2, 0) is 4.74 Å². The molecule has 2 aliphatic heterocycles. The molecule has 7 heteroatoms. The molecule has 1 aliphatic carbocycles. The van der Waals surface area contributed by atoms with E-state index in [0.29, 0.717) is 25.0 Å². The molecule has 1 aromatic heterocycles. The van der Waals surface area contributed by atoms with Crippen molar-refractivity contribution in [3.8, 4) is 0 Å². The van der Waals surface area contributed by atoms with Gasteiger partial charge in [0.2, 0.25) is 5.89 Å². The Morgan fingerprint density at radius 3 is 2.61 bits per heavy atom. The standard InChI is InChI=1S/C21H34N4O3/c1-21(2,3)27-20(26)25-10-7-15(8-11-25)18-23-19(28-24-18)16-6-9-22-17(13-16)12-14-4-5-14/h14-17,22H,4-13H2,1-3H3.